The number of carbonyl (C=O) groups is 1. The van der Waals surface area contributed by atoms with E-state index in [1.807, 2.05) is 0 Å². The van der Waals surface area contributed by atoms with E-state index in [0.717, 1.165) is 49.3 Å². The average Bonchev–Trinajstić information content (AvgIpc) is 3.36. The van der Waals surface area contributed by atoms with Gasteiger partial charge in [-0.05, 0) is 73.3 Å². The van der Waals surface area contributed by atoms with Crippen LogP contribution in [0.3, 0.4) is 0 Å². The number of amides is 1. The number of aliphatic hydroxyl groups is 1. The van der Waals surface area contributed by atoms with Crippen LogP contribution in [0.4, 0.5) is 13.2 Å². The molecule has 0 aliphatic heterocycles. The summed E-state index contributed by atoms with van der Waals surface area (Å²) in [5.41, 5.74) is 3.57. The fourth-order valence-electron chi connectivity index (χ4n) is 6.72. The number of hydrogen-bond donors (Lipinski definition) is 2. The molecule has 0 heterocycles. The number of halogens is 3. The predicted molar refractivity (Wildman–Crippen MR) is 115 cm³/mol. The number of nitrogens with one attached hydrogen (secondary N) is 1. The molecule has 1 aromatic rings. The van der Waals surface area contributed by atoms with E-state index in [4.69, 9.17) is 8.92 Å². The summed E-state index contributed by atoms with van der Waals surface area (Å²) in [4.78, 5) is 11.2. The molecule has 2 fully saturated rings. The first-order valence-corrected chi connectivity index (χ1v) is 12.7. The van der Waals surface area contributed by atoms with Gasteiger partial charge in [-0.15, -0.1) is 0 Å². The topological polar surface area (TPSA) is 102 Å². The average molecular weight is 502 g/mol. The van der Waals surface area contributed by atoms with Crippen LogP contribution in [0.15, 0.2) is 17.7 Å². The van der Waals surface area contributed by atoms with Gasteiger partial charge < -0.3 is 14.0 Å². The summed E-state index contributed by atoms with van der Waals surface area (Å²) in [6.45, 7) is 1.50. The van der Waals surface area contributed by atoms with E-state index in [2.05, 4.69) is 6.92 Å². The molecule has 1 spiro atoms. The molecule has 0 bridgehead atoms. The molecule has 7 nitrogen and oxygen atoms in total. The van der Waals surface area contributed by atoms with E-state index in [1.54, 1.807) is 4.72 Å². The summed E-state index contributed by atoms with van der Waals surface area (Å²) in [7, 11) is -4.59. The third-order valence-electron chi connectivity index (χ3n) is 8.16. The first-order chi connectivity index (χ1) is 15.8. The van der Waals surface area contributed by atoms with E-state index in [0.29, 0.717) is 18.8 Å². The monoisotopic (exact) mass is 501 g/mol. The van der Waals surface area contributed by atoms with Gasteiger partial charge in [0, 0.05) is 17.8 Å². The number of alkyl halides is 3. The number of rotatable bonds is 5. The minimum Gasteiger partial charge on any atom is -0.480 e. The van der Waals surface area contributed by atoms with E-state index in [9.17, 15) is 31.5 Å². The molecule has 0 radical (unpaired) electrons. The third-order valence-corrected chi connectivity index (χ3v) is 9.10. The van der Waals surface area contributed by atoms with Gasteiger partial charge in [-0.3, -0.25) is 4.79 Å². The minimum absolute atomic E-state index is 0.0609. The van der Waals surface area contributed by atoms with Crippen molar-refractivity contribution in [1.29, 1.82) is 0 Å². The molecule has 1 aromatic carbocycles. The Morgan fingerprint density at radius 3 is 2.65 bits per heavy atom. The fourth-order valence-corrected chi connectivity index (χ4v) is 7.48. The number of allylic oxidation sites excluding steroid dienone is 2. The van der Waals surface area contributed by atoms with Crippen molar-refractivity contribution in [2.75, 3.05) is 6.61 Å². The largest absolute Gasteiger partial charge is 0.480 e. The predicted octanol–water partition coefficient (Wildman–Crippen LogP) is 3.66. The summed E-state index contributed by atoms with van der Waals surface area (Å²) in [6, 6.07) is 2.82. The van der Waals surface area contributed by atoms with Crippen molar-refractivity contribution in [2.45, 2.75) is 64.7 Å². The number of ether oxygens (including phenoxy) is 1. The Hall–Kier alpha value is -2.27. The molecular weight excluding hydrogens is 475 g/mol. The molecule has 4 aliphatic carbocycles. The molecule has 11 heteroatoms. The summed E-state index contributed by atoms with van der Waals surface area (Å²) < 4.78 is 74.5. The molecule has 2 unspecified atom stereocenters. The number of aryl methyl sites for hydroxylation is 1. The van der Waals surface area contributed by atoms with Crippen LogP contribution < -0.4 is 13.6 Å². The minimum atomic E-state index is -4.64. The van der Waals surface area contributed by atoms with E-state index < -0.39 is 34.7 Å². The molecule has 0 aromatic heterocycles. The maximum absolute atomic E-state index is 12.9. The molecular formula is C23H26F3NO6S. The summed E-state index contributed by atoms with van der Waals surface area (Å²) >= 11 is 0. The van der Waals surface area contributed by atoms with Crippen LogP contribution in [0, 0.1) is 16.7 Å². The molecule has 1 amide bonds. The van der Waals surface area contributed by atoms with Gasteiger partial charge in [-0.25, -0.2) is 4.72 Å². The number of carbonyl (C=O) groups excluding carboxylic acids is 1. The van der Waals surface area contributed by atoms with Crippen LogP contribution in [0.5, 0.6) is 11.5 Å². The van der Waals surface area contributed by atoms with Crippen molar-refractivity contribution in [2.24, 2.45) is 16.7 Å². The molecule has 4 aliphatic rings. The van der Waals surface area contributed by atoms with Gasteiger partial charge in [0.25, 0.3) is 0 Å². The smallest absolute Gasteiger partial charge is 0.422 e. The van der Waals surface area contributed by atoms with Crippen LogP contribution in [0.2, 0.25) is 0 Å². The summed E-state index contributed by atoms with van der Waals surface area (Å²) in [5, 5.41) is 10.7. The van der Waals surface area contributed by atoms with Gasteiger partial charge in [0.1, 0.15) is 0 Å². The maximum Gasteiger partial charge on any atom is 0.422 e. The zero-order chi connectivity index (χ0) is 24.7. The summed E-state index contributed by atoms with van der Waals surface area (Å²) in [5.74, 6) is -1.23. The van der Waals surface area contributed by atoms with Gasteiger partial charge in [0.05, 0.1) is 6.10 Å². The van der Waals surface area contributed by atoms with Crippen molar-refractivity contribution in [1.82, 2.24) is 4.72 Å². The highest BCUT2D eigenvalue weighted by Gasteiger charge is 2.74. The Morgan fingerprint density at radius 2 is 1.97 bits per heavy atom. The van der Waals surface area contributed by atoms with Gasteiger partial charge in [0.15, 0.2) is 18.1 Å². The lowest BCUT2D eigenvalue weighted by atomic mass is 9.59. The first kappa shape index (κ1) is 23.5. The third kappa shape index (κ3) is 3.59. The Morgan fingerprint density at radius 1 is 1.24 bits per heavy atom. The Kier molecular flexibility index (Phi) is 5.08. The van der Waals surface area contributed by atoms with Crippen molar-refractivity contribution < 1.29 is 40.4 Å². The zero-order valence-electron chi connectivity index (χ0n) is 18.8. The molecule has 5 rings (SSSR count). The molecule has 34 heavy (non-hydrogen) atoms. The van der Waals surface area contributed by atoms with Crippen molar-refractivity contribution in [3.8, 4) is 11.5 Å². The lowest BCUT2D eigenvalue weighted by Crippen LogP contribution is -2.41. The van der Waals surface area contributed by atoms with Gasteiger partial charge in [0.2, 0.25) is 5.91 Å². The second kappa shape index (κ2) is 7.36. The fraction of sp³-hybridized carbons (Fsp3) is 0.609. The van der Waals surface area contributed by atoms with Crippen molar-refractivity contribution in [3.05, 3.63) is 28.8 Å². The standard InChI is InChI=1S/C23H26F3NO6S/c1-12(28)27-34(30,31)33-19-7-13-3-4-17-15(16(13)9-18(19)32-11-23(24,25)26)5-6-21(2)20(29)8-14-10-22(14,17)21/h7,9,14,20,29H,3-6,8,10-11H2,1-2H3,(H,27,28)/t14?,20-,21+,22?/m0/s1. The van der Waals surface area contributed by atoms with Crippen LogP contribution in [0.25, 0.3) is 5.57 Å². The Balaban J connectivity index is 1.57. The number of aliphatic hydroxyl groups excluding tert-OH is 1. The Bertz CT molecular complexity index is 1210. The number of hydrogen-bond acceptors (Lipinski definition) is 6. The number of benzene rings is 1. The number of fused-ring (bicyclic) bond motifs is 2. The second-order valence-corrected chi connectivity index (χ2v) is 11.3. The normalized spacial score (nSPS) is 31.7. The molecule has 4 atom stereocenters. The zero-order valence-corrected chi connectivity index (χ0v) is 19.6. The molecule has 2 saturated carbocycles. The van der Waals surface area contributed by atoms with E-state index in [1.165, 1.54) is 17.7 Å². The maximum atomic E-state index is 12.9. The van der Waals surface area contributed by atoms with Crippen LogP contribution in [0.1, 0.15) is 57.1 Å². The van der Waals surface area contributed by atoms with Crippen molar-refractivity contribution >= 4 is 21.8 Å². The highest BCUT2D eigenvalue weighted by atomic mass is 32.2. The lowest BCUT2D eigenvalue weighted by molar-refractivity contribution is -0.153. The highest BCUT2D eigenvalue weighted by molar-refractivity contribution is 7.85. The SMILES string of the molecule is CC(=O)NS(=O)(=O)Oc1cc2c(cc1OCC(F)(F)F)C1=C(CC2)C23CC2C[C@H](O)[C@@]3(C)CC1. The summed E-state index contributed by atoms with van der Waals surface area (Å²) in [6.07, 6.45) is -0.462. The highest BCUT2D eigenvalue weighted by Crippen LogP contribution is 2.80. The van der Waals surface area contributed by atoms with Crippen LogP contribution >= 0.6 is 0 Å². The lowest BCUT2D eigenvalue weighted by Gasteiger charge is -2.46. The van der Waals surface area contributed by atoms with Gasteiger partial charge in [-0.2, -0.15) is 21.6 Å². The van der Waals surface area contributed by atoms with Gasteiger partial charge in [-0.1, -0.05) is 12.5 Å². The second-order valence-electron chi connectivity index (χ2n) is 10.1. The van der Waals surface area contributed by atoms with Gasteiger partial charge >= 0.3 is 16.5 Å². The van der Waals surface area contributed by atoms with E-state index >= 15 is 0 Å². The molecule has 0 saturated heterocycles. The van der Waals surface area contributed by atoms with Crippen LogP contribution in [-0.2, 0) is 21.5 Å². The molecule has 2 N–H and O–H groups in total. The first-order valence-electron chi connectivity index (χ1n) is 11.3. The van der Waals surface area contributed by atoms with Crippen LogP contribution in [-0.4, -0.2) is 38.3 Å². The van der Waals surface area contributed by atoms with Crippen molar-refractivity contribution in [3.63, 3.8) is 0 Å². The molecule has 186 valence electrons. The Labute approximate surface area is 195 Å². The quantitative estimate of drug-likeness (QED) is 0.639. The van der Waals surface area contributed by atoms with E-state index in [-0.39, 0.29) is 22.7 Å².